The van der Waals surface area contributed by atoms with Crippen molar-refractivity contribution in [2.45, 2.75) is 46.0 Å². The summed E-state index contributed by atoms with van der Waals surface area (Å²) in [5, 5.41) is 0. The minimum atomic E-state index is 0.211. The Bertz CT molecular complexity index is 503. The van der Waals surface area contributed by atoms with E-state index in [1.165, 1.54) is 16.8 Å². The Morgan fingerprint density at radius 3 is 2.24 bits per heavy atom. The van der Waals surface area contributed by atoms with Crippen LogP contribution in [0.1, 0.15) is 51.7 Å². The van der Waals surface area contributed by atoms with E-state index in [1.54, 1.807) is 0 Å². The molecule has 2 aliphatic rings. The number of hydrogen-bond acceptors (Lipinski definition) is 2. The molecule has 0 aliphatic carbocycles. The fraction of sp³-hybridized carbons (Fsp3) is 0.684. The van der Waals surface area contributed by atoms with E-state index in [9.17, 15) is 0 Å². The van der Waals surface area contributed by atoms with E-state index >= 15 is 0 Å². The quantitative estimate of drug-likeness (QED) is 0.808. The summed E-state index contributed by atoms with van der Waals surface area (Å²) in [5.74, 6) is 2.05. The van der Waals surface area contributed by atoms with Crippen LogP contribution in [0, 0.1) is 11.8 Å². The summed E-state index contributed by atoms with van der Waals surface area (Å²) in [6.07, 6.45) is 0. The minimum Gasteiger partial charge on any atom is -0.381 e. The lowest BCUT2D eigenvalue weighted by Crippen LogP contribution is -2.24. The molecule has 0 spiro atoms. The lowest BCUT2D eigenvalue weighted by Gasteiger charge is -2.28. The van der Waals surface area contributed by atoms with Gasteiger partial charge in [0.2, 0.25) is 0 Å². The lowest BCUT2D eigenvalue weighted by atomic mass is 9.85. The second kappa shape index (κ2) is 5.31. The Morgan fingerprint density at radius 1 is 1.10 bits per heavy atom. The van der Waals surface area contributed by atoms with Crippen molar-refractivity contribution in [2.24, 2.45) is 11.8 Å². The average molecular weight is 287 g/mol. The normalized spacial score (nSPS) is 25.7. The second-order valence-corrected chi connectivity index (χ2v) is 8.14. The molecule has 0 radical (unpaired) electrons. The van der Waals surface area contributed by atoms with Crippen LogP contribution in [-0.2, 0) is 10.2 Å². The van der Waals surface area contributed by atoms with Crippen LogP contribution in [0.3, 0.4) is 0 Å². The molecule has 3 rings (SSSR count). The van der Waals surface area contributed by atoms with E-state index < -0.39 is 0 Å². The van der Waals surface area contributed by atoms with Gasteiger partial charge in [-0.25, -0.2) is 0 Å². The van der Waals surface area contributed by atoms with Crippen LogP contribution in [-0.4, -0.2) is 26.3 Å². The zero-order valence-electron chi connectivity index (χ0n) is 14.1. The molecular formula is C19H29NO. The highest BCUT2D eigenvalue weighted by atomic mass is 16.5. The van der Waals surface area contributed by atoms with Crippen molar-refractivity contribution in [3.8, 4) is 0 Å². The van der Waals surface area contributed by atoms with Gasteiger partial charge in [0.05, 0.1) is 13.2 Å². The first-order valence-electron chi connectivity index (χ1n) is 8.33. The standard InChI is InChI=1S/C19H29NO/c1-13(2)17-7-6-16(19(3,4)5)8-18(17)20-9-14-11-21-12-15(14)10-20/h6-8,13-15H,9-12H2,1-5H3/t14-,15+. The molecule has 1 aromatic rings. The lowest BCUT2D eigenvalue weighted by molar-refractivity contribution is 0.177. The van der Waals surface area contributed by atoms with Crippen molar-refractivity contribution in [1.82, 2.24) is 0 Å². The first-order chi connectivity index (χ1) is 9.86. The molecule has 2 heterocycles. The molecule has 21 heavy (non-hydrogen) atoms. The van der Waals surface area contributed by atoms with Crippen LogP contribution in [0.5, 0.6) is 0 Å². The van der Waals surface area contributed by atoms with Crippen molar-refractivity contribution in [1.29, 1.82) is 0 Å². The summed E-state index contributed by atoms with van der Waals surface area (Å²) < 4.78 is 5.62. The Labute approximate surface area is 129 Å². The van der Waals surface area contributed by atoms with Crippen LogP contribution in [0.15, 0.2) is 18.2 Å². The van der Waals surface area contributed by atoms with Crippen LogP contribution in [0.4, 0.5) is 5.69 Å². The molecule has 2 nitrogen and oxygen atoms in total. The monoisotopic (exact) mass is 287 g/mol. The molecule has 2 aliphatic heterocycles. The molecule has 1 aromatic carbocycles. The zero-order chi connectivity index (χ0) is 15.2. The highest BCUT2D eigenvalue weighted by Crippen LogP contribution is 2.38. The molecule has 0 amide bonds. The Morgan fingerprint density at radius 2 is 1.71 bits per heavy atom. The molecule has 0 aromatic heterocycles. The van der Waals surface area contributed by atoms with Gasteiger partial charge in [-0.15, -0.1) is 0 Å². The molecule has 0 N–H and O–H groups in total. The molecule has 2 fully saturated rings. The predicted molar refractivity (Wildman–Crippen MR) is 89.2 cm³/mol. The Hall–Kier alpha value is -1.02. The fourth-order valence-electron chi connectivity index (χ4n) is 3.66. The maximum Gasteiger partial charge on any atom is 0.0515 e. The van der Waals surface area contributed by atoms with Gasteiger partial charge in [-0.05, 0) is 28.5 Å². The minimum absolute atomic E-state index is 0.211. The van der Waals surface area contributed by atoms with E-state index in [4.69, 9.17) is 4.74 Å². The summed E-state index contributed by atoms with van der Waals surface area (Å²) in [5.41, 5.74) is 4.61. The third kappa shape index (κ3) is 2.83. The fourth-order valence-corrected chi connectivity index (χ4v) is 3.66. The van der Waals surface area contributed by atoms with E-state index in [-0.39, 0.29) is 5.41 Å². The Kier molecular flexibility index (Phi) is 3.77. The van der Waals surface area contributed by atoms with Crippen LogP contribution >= 0.6 is 0 Å². The number of fused-ring (bicyclic) bond motifs is 1. The van der Waals surface area contributed by atoms with E-state index in [0.29, 0.717) is 5.92 Å². The zero-order valence-corrected chi connectivity index (χ0v) is 14.1. The SMILES string of the molecule is CC(C)c1ccc(C(C)(C)C)cc1N1C[C@H]2COC[C@H]2C1. The number of anilines is 1. The molecule has 2 heteroatoms. The van der Waals surface area contributed by atoms with Gasteiger partial charge in [-0.3, -0.25) is 0 Å². The number of hydrogen-bond donors (Lipinski definition) is 0. The number of ether oxygens (including phenoxy) is 1. The van der Waals surface area contributed by atoms with Crippen LogP contribution in [0.2, 0.25) is 0 Å². The second-order valence-electron chi connectivity index (χ2n) is 8.14. The van der Waals surface area contributed by atoms with Gasteiger partial charge in [-0.2, -0.15) is 0 Å². The summed E-state index contributed by atoms with van der Waals surface area (Å²) in [7, 11) is 0. The maximum absolute atomic E-state index is 5.62. The number of rotatable bonds is 2. The van der Waals surface area contributed by atoms with Gasteiger partial charge in [-0.1, -0.05) is 46.8 Å². The van der Waals surface area contributed by atoms with E-state index in [0.717, 1.165) is 38.1 Å². The van der Waals surface area contributed by atoms with Crippen molar-refractivity contribution < 1.29 is 4.74 Å². The van der Waals surface area contributed by atoms with Crippen LogP contribution < -0.4 is 4.90 Å². The highest BCUT2D eigenvalue weighted by Gasteiger charge is 2.38. The van der Waals surface area contributed by atoms with E-state index in [1.807, 2.05) is 0 Å². The van der Waals surface area contributed by atoms with Gasteiger partial charge < -0.3 is 9.64 Å². The van der Waals surface area contributed by atoms with Crippen molar-refractivity contribution in [3.63, 3.8) is 0 Å². The smallest absolute Gasteiger partial charge is 0.0515 e. The molecule has 2 saturated heterocycles. The average Bonchev–Trinajstić information content (AvgIpc) is 2.97. The third-order valence-electron chi connectivity index (χ3n) is 5.10. The van der Waals surface area contributed by atoms with Crippen molar-refractivity contribution >= 4 is 5.69 Å². The topological polar surface area (TPSA) is 12.5 Å². The predicted octanol–water partition coefficient (Wildman–Crippen LogP) is 4.19. The molecular weight excluding hydrogens is 258 g/mol. The van der Waals surface area contributed by atoms with Gasteiger partial charge >= 0.3 is 0 Å². The largest absolute Gasteiger partial charge is 0.381 e. The summed E-state index contributed by atoms with van der Waals surface area (Å²) in [6.45, 7) is 15.7. The summed E-state index contributed by atoms with van der Waals surface area (Å²) in [4.78, 5) is 2.61. The first kappa shape index (κ1) is 14.9. The van der Waals surface area contributed by atoms with Gasteiger partial charge in [0.25, 0.3) is 0 Å². The number of nitrogens with zero attached hydrogens (tertiary/aromatic N) is 1. The van der Waals surface area contributed by atoms with Crippen molar-refractivity contribution in [3.05, 3.63) is 29.3 Å². The maximum atomic E-state index is 5.62. The molecule has 2 atom stereocenters. The highest BCUT2D eigenvalue weighted by molar-refractivity contribution is 5.58. The molecule has 0 bridgehead atoms. The molecule has 116 valence electrons. The third-order valence-corrected chi connectivity index (χ3v) is 5.10. The van der Waals surface area contributed by atoms with Gasteiger partial charge in [0.15, 0.2) is 0 Å². The first-order valence-corrected chi connectivity index (χ1v) is 8.33. The summed E-state index contributed by atoms with van der Waals surface area (Å²) in [6, 6.07) is 7.11. The van der Waals surface area contributed by atoms with Gasteiger partial charge in [0, 0.05) is 30.6 Å². The molecule has 0 unspecified atom stereocenters. The molecule has 0 saturated carbocycles. The summed E-state index contributed by atoms with van der Waals surface area (Å²) >= 11 is 0. The van der Waals surface area contributed by atoms with Crippen LogP contribution in [0.25, 0.3) is 0 Å². The van der Waals surface area contributed by atoms with Crippen molar-refractivity contribution in [2.75, 3.05) is 31.2 Å². The van der Waals surface area contributed by atoms with E-state index in [2.05, 4.69) is 57.7 Å². The number of benzene rings is 1. The Balaban J connectivity index is 1.95. The van der Waals surface area contributed by atoms with Gasteiger partial charge in [0.1, 0.15) is 0 Å².